The summed E-state index contributed by atoms with van der Waals surface area (Å²) >= 11 is 0. The molecule has 1 saturated heterocycles. The first-order valence-electron chi connectivity index (χ1n) is 9.05. The second-order valence-electron chi connectivity index (χ2n) is 6.88. The van der Waals surface area contributed by atoms with Gasteiger partial charge in [-0.05, 0) is 24.6 Å². The molecule has 2 unspecified atom stereocenters. The Kier molecular flexibility index (Phi) is 4.15. The summed E-state index contributed by atoms with van der Waals surface area (Å²) in [7, 11) is 0. The van der Waals surface area contributed by atoms with Crippen LogP contribution < -0.4 is 4.74 Å². The van der Waals surface area contributed by atoms with Crippen molar-refractivity contribution in [2.45, 2.75) is 37.8 Å². The lowest BCUT2D eigenvalue weighted by Gasteiger charge is -2.31. The molecule has 1 spiro atoms. The summed E-state index contributed by atoms with van der Waals surface area (Å²) < 4.78 is 14.0. The molecule has 2 aliphatic rings. The van der Waals surface area contributed by atoms with E-state index in [-0.39, 0.29) is 12.1 Å². The van der Waals surface area contributed by atoms with E-state index in [9.17, 15) is 4.79 Å². The van der Waals surface area contributed by atoms with Crippen LogP contribution in [-0.4, -0.2) is 40.9 Å². The van der Waals surface area contributed by atoms with Crippen LogP contribution in [0.15, 0.2) is 48.8 Å². The molecule has 0 aliphatic carbocycles. The van der Waals surface area contributed by atoms with Gasteiger partial charge < -0.3 is 18.9 Å². The fourth-order valence-corrected chi connectivity index (χ4v) is 3.97. The molecule has 5 heteroatoms. The number of fused-ring (bicyclic) bond motifs is 1. The van der Waals surface area contributed by atoms with E-state index in [2.05, 4.69) is 30.0 Å². The molecular weight excluding hydrogens is 316 g/mol. The zero-order chi connectivity index (χ0) is 17.3. The topological polar surface area (TPSA) is 43.7 Å². The summed E-state index contributed by atoms with van der Waals surface area (Å²) in [5, 5.41) is 0. The number of hydrogen-bond donors (Lipinski definition) is 0. The van der Waals surface area contributed by atoms with Crippen LogP contribution in [0, 0.1) is 0 Å². The molecule has 2 aromatic rings. The number of rotatable bonds is 4. The van der Waals surface area contributed by atoms with Gasteiger partial charge >= 0.3 is 6.09 Å². The van der Waals surface area contributed by atoms with Crippen LogP contribution in [0.25, 0.3) is 0 Å². The summed E-state index contributed by atoms with van der Waals surface area (Å²) in [4.78, 5) is 14.2. The predicted molar refractivity (Wildman–Crippen MR) is 94.8 cm³/mol. The van der Waals surface area contributed by atoms with E-state index in [1.54, 1.807) is 4.90 Å². The van der Waals surface area contributed by atoms with Gasteiger partial charge in [0.15, 0.2) is 5.60 Å². The molecule has 5 nitrogen and oxygen atoms in total. The van der Waals surface area contributed by atoms with Gasteiger partial charge in [0.2, 0.25) is 0 Å². The number of nitrogens with zero attached hydrogens (tertiary/aromatic N) is 2. The Bertz CT molecular complexity index is 743. The first-order chi connectivity index (χ1) is 12.2. The first-order valence-corrected chi connectivity index (χ1v) is 9.05. The highest BCUT2D eigenvalue weighted by Gasteiger charge is 2.54. The van der Waals surface area contributed by atoms with Crippen molar-refractivity contribution in [3.05, 3.63) is 54.4 Å². The Hall–Kier alpha value is -2.43. The van der Waals surface area contributed by atoms with E-state index in [1.165, 1.54) is 5.56 Å². The third-order valence-electron chi connectivity index (χ3n) is 5.20. The number of carbonyl (C=O) groups excluding carboxylic acids is 1. The van der Waals surface area contributed by atoms with Crippen molar-refractivity contribution >= 4 is 6.09 Å². The van der Waals surface area contributed by atoms with Crippen molar-refractivity contribution in [3.63, 3.8) is 0 Å². The maximum Gasteiger partial charge on any atom is 0.409 e. The predicted octanol–water partition coefficient (Wildman–Crippen LogP) is 3.85. The fraction of sp³-hybridized carbons (Fsp3) is 0.450. The minimum absolute atomic E-state index is 0.0761. The molecule has 1 aromatic heterocycles. The zero-order valence-electron chi connectivity index (χ0n) is 14.6. The number of amides is 1. The molecule has 0 bridgehead atoms. The zero-order valence-corrected chi connectivity index (χ0v) is 14.6. The molecule has 0 N–H and O–H groups in total. The molecular formula is C20H24N2O3. The average molecular weight is 340 g/mol. The van der Waals surface area contributed by atoms with E-state index in [4.69, 9.17) is 9.47 Å². The van der Waals surface area contributed by atoms with Crippen LogP contribution in [0.2, 0.25) is 0 Å². The molecule has 25 heavy (non-hydrogen) atoms. The third kappa shape index (κ3) is 2.77. The SMILES string of the molecule is CCCCOC(=O)N1CCC2(C1)Oc1ccccc1C2n1cccc1. The highest BCUT2D eigenvalue weighted by Crippen LogP contribution is 2.49. The second-order valence-corrected chi connectivity index (χ2v) is 6.88. The number of benzene rings is 1. The van der Waals surface area contributed by atoms with Gasteiger partial charge in [-0.3, -0.25) is 0 Å². The Balaban J connectivity index is 1.58. The van der Waals surface area contributed by atoms with Crippen LogP contribution in [0.5, 0.6) is 5.75 Å². The number of aromatic nitrogens is 1. The Labute approximate surface area is 148 Å². The van der Waals surface area contributed by atoms with Crippen molar-refractivity contribution in [2.24, 2.45) is 0 Å². The summed E-state index contributed by atoms with van der Waals surface area (Å²) in [6, 6.07) is 12.3. The molecule has 1 amide bonds. The van der Waals surface area contributed by atoms with E-state index >= 15 is 0 Å². The van der Waals surface area contributed by atoms with Gasteiger partial charge in [0, 0.05) is 30.9 Å². The maximum absolute atomic E-state index is 12.4. The van der Waals surface area contributed by atoms with Crippen LogP contribution in [-0.2, 0) is 4.74 Å². The fourth-order valence-electron chi connectivity index (χ4n) is 3.97. The second kappa shape index (κ2) is 6.47. The van der Waals surface area contributed by atoms with Crippen molar-refractivity contribution in [1.29, 1.82) is 0 Å². The summed E-state index contributed by atoms with van der Waals surface area (Å²) in [5.41, 5.74) is 0.756. The summed E-state index contributed by atoms with van der Waals surface area (Å²) in [6.07, 6.45) is 6.63. The molecule has 2 atom stereocenters. The highest BCUT2D eigenvalue weighted by molar-refractivity contribution is 5.68. The number of hydrogen-bond acceptors (Lipinski definition) is 3. The Morgan fingerprint density at radius 3 is 2.88 bits per heavy atom. The summed E-state index contributed by atoms with van der Waals surface area (Å²) in [5.74, 6) is 0.919. The lowest BCUT2D eigenvalue weighted by atomic mass is 9.90. The number of unbranched alkanes of at least 4 members (excludes halogenated alkanes) is 1. The van der Waals surface area contributed by atoms with Crippen LogP contribution >= 0.6 is 0 Å². The first kappa shape index (κ1) is 16.1. The standard InChI is InChI=1S/C20H24N2O3/c1-2-3-14-24-19(23)22-13-10-20(15-22)18(21-11-6-7-12-21)16-8-4-5-9-17(16)25-20/h4-9,11-12,18H,2-3,10,13-15H2,1H3. The minimum Gasteiger partial charge on any atom is -0.482 e. The van der Waals surface area contributed by atoms with Crippen molar-refractivity contribution in [1.82, 2.24) is 9.47 Å². The summed E-state index contributed by atoms with van der Waals surface area (Å²) in [6.45, 7) is 3.79. The normalized spacial score (nSPS) is 24.4. The van der Waals surface area contributed by atoms with Gasteiger partial charge in [-0.1, -0.05) is 31.5 Å². The monoisotopic (exact) mass is 340 g/mol. The number of carbonyl (C=O) groups is 1. The lowest BCUT2D eigenvalue weighted by Crippen LogP contribution is -2.44. The molecule has 132 valence electrons. The Morgan fingerprint density at radius 2 is 2.08 bits per heavy atom. The van der Waals surface area contributed by atoms with Crippen molar-refractivity contribution in [2.75, 3.05) is 19.7 Å². The van der Waals surface area contributed by atoms with E-state index < -0.39 is 5.60 Å². The lowest BCUT2D eigenvalue weighted by molar-refractivity contribution is 0.0587. The molecule has 1 fully saturated rings. The largest absolute Gasteiger partial charge is 0.482 e. The Morgan fingerprint density at radius 1 is 1.28 bits per heavy atom. The van der Waals surface area contributed by atoms with Crippen LogP contribution in [0.1, 0.15) is 37.8 Å². The van der Waals surface area contributed by atoms with Crippen molar-refractivity contribution < 1.29 is 14.3 Å². The molecule has 0 saturated carbocycles. The molecule has 0 radical (unpaired) electrons. The molecule has 2 aliphatic heterocycles. The molecule has 4 rings (SSSR count). The smallest absolute Gasteiger partial charge is 0.409 e. The van der Waals surface area contributed by atoms with Gasteiger partial charge in [-0.15, -0.1) is 0 Å². The third-order valence-corrected chi connectivity index (χ3v) is 5.20. The quantitative estimate of drug-likeness (QED) is 0.794. The van der Waals surface area contributed by atoms with Crippen LogP contribution in [0.4, 0.5) is 4.79 Å². The van der Waals surface area contributed by atoms with Gasteiger partial charge in [0.25, 0.3) is 0 Å². The minimum atomic E-state index is -0.424. The highest BCUT2D eigenvalue weighted by atomic mass is 16.6. The molecule has 3 heterocycles. The van der Waals surface area contributed by atoms with Gasteiger partial charge in [-0.25, -0.2) is 4.79 Å². The van der Waals surface area contributed by atoms with Crippen LogP contribution in [0.3, 0.4) is 0 Å². The van der Waals surface area contributed by atoms with E-state index in [0.29, 0.717) is 19.7 Å². The number of ether oxygens (including phenoxy) is 2. The number of para-hydroxylation sites is 1. The average Bonchev–Trinajstić information content (AvgIpc) is 3.33. The van der Waals surface area contributed by atoms with E-state index in [1.807, 2.05) is 30.3 Å². The number of likely N-dealkylation sites (tertiary alicyclic amines) is 1. The van der Waals surface area contributed by atoms with Gasteiger partial charge in [-0.2, -0.15) is 0 Å². The van der Waals surface area contributed by atoms with Gasteiger partial charge in [0.05, 0.1) is 13.2 Å². The van der Waals surface area contributed by atoms with Crippen molar-refractivity contribution in [3.8, 4) is 5.75 Å². The maximum atomic E-state index is 12.4. The van der Waals surface area contributed by atoms with Gasteiger partial charge in [0.1, 0.15) is 11.8 Å². The molecule has 1 aromatic carbocycles. The van der Waals surface area contributed by atoms with E-state index in [0.717, 1.165) is 25.0 Å².